The summed E-state index contributed by atoms with van der Waals surface area (Å²) in [7, 11) is 1.59. The molecule has 1 aliphatic heterocycles. The Labute approximate surface area is 237 Å². The molecule has 0 spiro atoms. The zero-order chi connectivity index (χ0) is 29.1. The Hall–Kier alpha value is -5.18. The molecule has 208 valence electrons. The Morgan fingerprint density at radius 1 is 0.927 bits per heavy atom. The predicted molar refractivity (Wildman–Crippen MR) is 156 cm³/mol. The van der Waals surface area contributed by atoms with Gasteiger partial charge in [0.25, 0.3) is 11.8 Å². The number of aryl methyl sites for hydroxylation is 1. The Bertz CT molecular complexity index is 1670. The summed E-state index contributed by atoms with van der Waals surface area (Å²) in [6, 6.07) is 24.7. The third-order valence-electron chi connectivity index (χ3n) is 7.22. The highest BCUT2D eigenvalue weighted by Gasteiger charge is 2.49. The van der Waals surface area contributed by atoms with Crippen molar-refractivity contribution < 1.29 is 23.9 Å². The van der Waals surface area contributed by atoms with Crippen LogP contribution in [0.1, 0.15) is 34.0 Å². The van der Waals surface area contributed by atoms with Gasteiger partial charge in [-0.15, -0.1) is 0 Å². The van der Waals surface area contributed by atoms with E-state index < -0.39 is 29.9 Å². The smallest absolute Gasteiger partial charge is 0.325 e. The van der Waals surface area contributed by atoms with Gasteiger partial charge in [-0.2, -0.15) is 0 Å². The molecule has 1 atom stereocenters. The van der Waals surface area contributed by atoms with Gasteiger partial charge in [-0.25, -0.2) is 4.79 Å². The van der Waals surface area contributed by atoms with Gasteiger partial charge in [-0.1, -0.05) is 60.2 Å². The summed E-state index contributed by atoms with van der Waals surface area (Å²) >= 11 is 0. The number of fused-ring (bicyclic) bond motifs is 1. The number of nitrogens with one attached hydrogen (secondary N) is 3. The Morgan fingerprint density at radius 3 is 2.39 bits per heavy atom. The van der Waals surface area contributed by atoms with Crippen LogP contribution in [0, 0.1) is 6.92 Å². The maximum Gasteiger partial charge on any atom is 0.325 e. The number of imide groups is 1. The predicted octanol–water partition coefficient (Wildman–Crippen LogP) is 4.49. The molecule has 5 amide bonds. The van der Waals surface area contributed by atoms with Crippen LogP contribution >= 0.6 is 0 Å². The Morgan fingerprint density at radius 2 is 1.63 bits per heavy atom. The third kappa shape index (κ3) is 5.60. The highest BCUT2D eigenvalue weighted by molar-refractivity contribution is 6.11. The van der Waals surface area contributed by atoms with Crippen molar-refractivity contribution in [2.75, 3.05) is 19.0 Å². The molecule has 9 heteroatoms. The van der Waals surface area contributed by atoms with E-state index in [2.05, 4.69) is 16.0 Å². The van der Waals surface area contributed by atoms with E-state index in [9.17, 15) is 19.2 Å². The monoisotopic (exact) mass is 550 g/mol. The van der Waals surface area contributed by atoms with E-state index in [4.69, 9.17) is 4.74 Å². The number of para-hydroxylation sites is 1. The highest BCUT2D eigenvalue weighted by Crippen LogP contribution is 2.32. The van der Waals surface area contributed by atoms with Crippen molar-refractivity contribution >= 4 is 40.2 Å². The molecule has 4 aromatic rings. The van der Waals surface area contributed by atoms with E-state index >= 15 is 0 Å². The molecule has 1 saturated heterocycles. The zero-order valence-corrected chi connectivity index (χ0v) is 23.0. The van der Waals surface area contributed by atoms with Gasteiger partial charge in [0.1, 0.15) is 17.8 Å². The molecular formula is C32H30N4O5. The second-order valence-corrected chi connectivity index (χ2v) is 10.1. The van der Waals surface area contributed by atoms with E-state index in [1.807, 2.05) is 61.5 Å². The van der Waals surface area contributed by atoms with Crippen molar-refractivity contribution in [3.05, 3.63) is 107 Å². The number of ether oxygens (including phenoxy) is 1. The average molecular weight is 551 g/mol. The lowest BCUT2D eigenvalue weighted by atomic mass is 9.90. The summed E-state index contributed by atoms with van der Waals surface area (Å²) in [6.45, 7) is 3.42. The summed E-state index contributed by atoms with van der Waals surface area (Å²) in [5.74, 6) is -0.807. The second-order valence-electron chi connectivity index (χ2n) is 10.1. The number of hydrogen-bond donors (Lipinski definition) is 3. The zero-order valence-electron chi connectivity index (χ0n) is 23.0. The van der Waals surface area contributed by atoms with Crippen molar-refractivity contribution in [2.24, 2.45) is 0 Å². The van der Waals surface area contributed by atoms with Gasteiger partial charge >= 0.3 is 6.03 Å². The lowest BCUT2D eigenvalue weighted by Gasteiger charge is -2.23. The summed E-state index contributed by atoms with van der Waals surface area (Å²) < 4.78 is 5.27. The first-order chi connectivity index (χ1) is 19.7. The number of benzene rings is 4. The topological polar surface area (TPSA) is 117 Å². The standard InChI is InChI=1S/C32H30N4O5/c1-20-8-10-21(11-9-20)18-33-29(38)26-6-4-5-7-27(26)34-28(37)19-36-30(39)32(2,35-31(36)40)24-14-12-23-17-25(41-3)15-13-22(23)16-24/h4-17H,18-19H2,1-3H3,(H,33,38)(H,34,37)(H,35,40)/t32-/m1/s1. The molecule has 0 saturated carbocycles. The molecule has 0 unspecified atom stereocenters. The minimum absolute atomic E-state index is 0.266. The van der Waals surface area contributed by atoms with Gasteiger partial charge < -0.3 is 20.7 Å². The fraction of sp³-hybridized carbons (Fsp3) is 0.188. The maximum absolute atomic E-state index is 13.5. The molecule has 4 aromatic carbocycles. The van der Waals surface area contributed by atoms with Crippen LogP contribution in [0.15, 0.2) is 84.9 Å². The number of anilines is 1. The minimum Gasteiger partial charge on any atom is -0.497 e. The molecule has 0 radical (unpaired) electrons. The Balaban J connectivity index is 1.27. The van der Waals surface area contributed by atoms with E-state index in [-0.39, 0.29) is 17.2 Å². The number of urea groups is 1. The SMILES string of the molecule is COc1ccc2cc([C@@]3(C)NC(=O)N(CC(=O)Nc4ccccc4C(=O)NCc4ccc(C)cc4)C3=O)ccc2c1. The average Bonchev–Trinajstić information content (AvgIpc) is 3.19. The van der Waals surface area contributed by atoms with Gasteiger partial charge in [0, 0.05) is 6.54 Å². The normalized spacial score (nSPS) is 16.4. The lowest BCUT2D eigenvalue weighted by molar-refractivity contribution is -0.133. The lowest BCUT2D eigenvalue weighted by Crippen LogP contribution is -2.42. The number of carbonyl (C=O) groups is 4. The third-order valence-corrected chi connectivity index (χ3v) is 7.22. The van der Waals surface area contributed by atoms with Crippen molar-refractivity contribution in [1.29, 1.82) is 0 Å². The molecular weight excluding hydrogens is 520 g/mol. The summed E-state index contributed by atoms with van der Waals surface area (Å²) in [5.41, 5.74) is 1.85. The first-order valence-corrected chi connectivity index (χ1v) is 13.1. The molecule has 1 aliphatic rings. The number of methoxy groups -OCH3 is 1. The largest absolute Gasteiger partial charge is 0.497 e. The first kappa shape index (κ1) is 27.4. The fourth-order valence-corrected chi connectivity index (χ4v) is 4.80. The fourth-order valence-electron chi connectivity index (χ4n) is 4.80. The Kier molecular flexibility index (Phi) is 7.43. The van der Waals surface area contributed by atoms with Crippen LogP contribution in [0.4, 0.5) is 10.5 Å². The van der Waals surface area contributed by atoms with Gasteiger partial charge in [0.05, 0.1) is 18.4 Å². The first-order valence-electron chi connectivity index (χ1n) is 13.1. The molecule has 9 nitrogen and oxygen atoms in total. The van der Waals surface area contributed by atoms with Crippen LogP contribution in [0.2, 0.25) is 0 Å². The molecule has 3 N–H and O–H groups in total. The minimum atomic E-state index is -1.35. The summed E-state index contributed by atoms with van der Waals surface area (Å²) in [6.07, 6.45) is 0. The van der Waals surface area contributed by atoms with Crippen molar-refractivity contribution in [3.63, 3.8) is 0 Å². The number of rotatable bonds is 8. The van der Waals surface area contributed by atoms with E-state index in [0.29, 0.717) is 17.9 Å². The number of amides is 5. The van der Waals surface area contributed by atoms with Crippen molar-refractivity contribution in [3.8, 4) is 5.75 Å². The van der Waals surface area contributed by atoms with Gasteiger partial charge in [-0.05, 0) is 66.1 Å². The van der Waals surface area contributed by atoms with Gasteiger partial charge in [-0.3, -0.25) is 19.3 Å². The molecule has 41 heavy (non-hydrogen) atoms. The van der Waals surface area contributed by atoms with Gasteiger partial charge in [0.2, 0.25) is 5.91 Å². The van der Waals surface area contributed by atoms with Crippen LogP contribution < -0.4 is 20.7 Å². The maximum atomic E-state index is 13.5. The van der Waals surface area contributed by atoms with Crippen LogP contribution in [0.25, 0.3) is 10.8 Å². The molecule has 0 aliphatic carbocycles. The van der Waals surface area contributed by atoms with Gasteiger partial charge in [0.15, 0.2) is 0 Å². The van der Waals surface area contributed by atoms with Crippen LogP contribution in [0.3, 0.4) is 0 Å². The molecule has 0 aromatic heterocycles. The number of carbonyl (C=O) groups excluding carboxylic acids is 4. The van der Waals surface area contributed by atoms with Crippen LogP contribution in [-0.4, -0.2) is 42.3 Å². The van der Waals surface area contributed by atoms with Crippen LogP contribution in [0.5, 0.6) is 5.75 Å². The number of hydrogen-bond acceptors (Lipinski definition) is 5. The highest BCUT2D eigenvalue weighted by atomic mass is 16.5. The molecule has 0 bridgehead atoms. The van der Waals surface area contributed by atoms with Crippen molar-refractivity contribution in [2.45, 2.75) is 25.9 Å². The van der Waals surface area contributed by atoms with E-state index in [1.54, 1.807) is 44.4 Å². The van der Waals surface area contributed by atoms with E-state index in [1.165, 1.54) is 0 Å². The second kappa shape index (κ2) is 11.1. The summed E-state index contributed by atoms with van der Waals surface area (Å²) in [4.78, 5) is 53.1. The summed E-state index contributed by atoms with van der Waals surface area (Å²) in [5, 5.41) is 10.1. The molecule has 1 heterocycles. The van der Waals surface area contributed by atoms with Crippen LogP contribution in [-0.2, 0) is 21.7 Å². The molecule has 5 rings (SSSR count). The quantitative estimate of drug-likeness (QED) is 0.280. The van der Waals surface area contributed by atoms with Crippen molar-refractivity contribution in [1.82, 2.24) is 15.5 Å². The molecule has 1 fully saturated rings. The van der Waals surface area contributed by atoms with E-state index in [0.717, 1.165) is 26.8 Å². The number of nitrogens with zero attached hydrogens (tertiary/aromatic N) is 1.